The predicted molar refractivity (Wildman–Crippen MR) is 153 cm³/mol. The summed E-state index contributed by atoms with van der Waals surface area (Å²) >= 11 is 0. The Morgan fingerprint density at radius 3 is 1.51 bits per heavy atom. The zero-order chi connectivity index (χ0) is 24.1. The molecule has 2 aliphatic carbocycles. The number of ether oxygens (including phenoxy) is 2. The Kier molecular flexibility index (Phi) is 8.99. The van der Waals surface area contributed by atoms with E-state index in [0.29, 0.717) is 0 Å². The third kappa shape index (κ3) is 6.76. The van der Waals surface area contributed by atoms with Gasteiger partial charge in [0, 0.05) is 6.16 Å². The van der Waals surface area contributed by atoms with Crippen molar-refractivity contribution in [1.82, 2.24) is 0 Å². The lowest BCUT2D eigenvalue weighted by Gasteiger charge is -2.40. The van der Waals surface area contributed by atoms with Crippen LogP contribution in [0.15, 0.2) is 60.7 Å². The van der Waals surface area contributed by atoms with Crippen LogP contribution in [0.2, 0.25) is 0 Å². The third-order valence-electron chi connectivity index (χ3n) is 8.26. The second-order valence-corrected chi connectivity index (χ2v) is 16.4. The van der Waals surface area contributed by atoms with Crippen LogP contribution in [0.25, 0.3) is 0 Å². The Morgan fingerprint density at radius 1 is 0.629 bits per heavy atom. The van der Waals surface area contributed by atoms with Crippen LogP contribution in [0.5, 0.6) is 0 Å². The molecule has 4 heteroatoms. The molecule has 0 amide bonds. The average Bonchev–Trinajstić information content (AvgIpc) is 3.20. The molecule has 1 heterocycles. The van der Waals surface area contributed by atoms with E-state index >= 15 is 0 Å². The van der Waals surface area contributed by atoms with E-state index < -0.39 is 13.7 Å². The minimum absolute atomic E-state index is 0.00738. The Bertz CT molecular complexity index is 833. The van der Waals surface area contributed by atoms with Crippen LogP contribution in [-0.2, 0) is 9.47 Å². The molecule has 5 rings (SSSR count). The highest BCUT2D eigenvalue weighted by Crippen LogP contribution is 2.57. The van der Waals surface area contributed by atoms with Gasteiger partial charge in [0.25, 0.3) is 0 Å². The monoisotopic (exact) mass is 510 g/mol. The van der Waals surface area contributed by atoms with Gasteiger partial charge < -0.3 is 9.47 Å². The summed E-state index contributed by atoms with van der Waals surface area (Å²) in [7, 11) is -0.489. The first-order valence-corrected chi connectivity index (χ1v) is 17.3. The molecule has 3 aliphatic rings. The van der Waals surface area contributed by atoms with Gasteiger partial charge in [0.05, 0.1) is 12.2 Å². The lowest BCUT2D eigenvalue weighted by molar-refractivity contribution is -0.142. The summed E-state index contributed by atoms with van der Waals surface area (Å²) in [4.78, 5) is 0. The van der Waals surface area contributed by atoms with E-state index in [1.54, 1.807) is 0 Å². The molecule has 0 bridgehead atoms. The fourth-order valence-corrected chi connectivity index (χ4v) is 13.0. The molecule has 2 aromatic carbocycles. The molecule has 1 saturated heterocycles. The SMILES string of the molecule is CC1(C)O[C@H](CP(c2ccccc2)c2ccccc2)[C@@H](CP(C2CCCCC2)C2CCCCC2)O1. The summed E-state index contributed by atoms with van der Waals surface area (Å²) < 4.78 is 13.5. The van der Waals surface area contributed by atoms with Gasteiger partial charge in [-0.2, -0.15) is 0 Å². The van der Waals surface area contributed by atoms with E-state index in [1.807, 2.05) is 0 Å². The molecular formula is C31H44O2P2. The van der Waals surface area contributed by atoms with Crippen molar-refractivity contribution in [3.8, 4) is 0 Å². The van der Waals surface area contributed by atoms with E-state index in [4.69, 9.17) is 9.47 Å². The quantitative estimate of drug-likeness (QED) is 0.338. The normalized spacial score (nSPS) is 25.9. The minimum Gasteiger partial charge on any atom is -0.344 e. The summed E-state index contributed by atoms with van der Waals surface area (Å²) in [5, 5.41) is 2.89. The zero-order valence-electron chi connectivity index (χ0n) is 21.8. The van der Waals surface area contributed by atoms with Gasteiger partial charge in [-0.15, -0.1) is 0 Å². The summed E-state index contributed by atoms with van der Waals surface area (Å²) in [6, 6.07) is 22.3. The van der Waals surface area contributed by atoms with Crippen molar-refractivity contribution in [3.63, 3.8) is 0 Å². The molecule has 1 aliphatic heterocycles. The first-order chi connectivity index (χ1) is 17.1. The highest BCUT2D eigenvalue weighted by molar-refractivity contribution is 7.73. The van der Waals surface area contributed by atoms with E-state index in [2.05, 4.69) is 74.5 Å². The molecular weight excluding hydrogens is 466 g/mol. The Balaban J connectivity index is 1.38. The smallest absolute Gasteiger partial charge is 0.163 e. The average molecular weight is 511 g/mol. The van der Waals surface area contributed by atoms with Crippen molar-refractivity contribution in [2.45, 2.75) is 107 Å². The molecule has 190 valence electrons. The Hall–Kier alpha value is -0.780. The Labute approximate surface area is 216 Å². The molecule has 35 heavy (non-hydrogen) atoms. The molecule has 0 radical (unpaired) electrons. The van der Waals surface area contributed by atoms with E-state index in [1.165, 1.54) is 81.0 Å². The molecule has 2 aromatic rings. The van der Waals surface area contributed by atoms with Crippen LogP contribution in [0.3, 0.4) is 0 Å². The van der Waals surface area contributed by atoms with Crippen LogP contribution in [0.1, 0.15) is 78.1 Å². The zero-order valence-corrected chi connectivity index (χ0v) is 23.6. The maximum atomic E-state index is 6.75. The second-order valence-electron chi connectivity index (χ2n) is 11.3. The summed E-state index contributed by atoms with van der Waals surface area (Å²) in [5.74, 6) is -0.482. The van der Waals surface area contributed by atoms with E-state index in [0.717, 1.165) is 17.5 Å². The van der Waals surface area contributed by atoms with Crippen molar-refractivity contribution < 1.29 is 9.47 Å². The molecule has 2 atom stereocenters. The van der Waals surface area contributed by atoms with Crippen LogP contribution in [-0.4, -0.2) is 41.6 Å². The van der Waals surface area contributed by atoms with E-state index in [9.17, 15) is 0 Å². The van der Waals surface area contributed by atoms with Gasteiger partial charge in [-0.05, 0) is 75.5 Å². The molecule has 0 N–H and O–H groups in total. The van der Waals surface area contributed by atoms with Gasteiger partial charge in [0.15, 0.2) is 5.79 Å². The van der Waals surface area contributed by atoms with E-state index in [-0.39, 0.29) is 20.1 Å². The largest absolute Gasteiger partial charge is 0.344 e. The highest BCUT2D eigenvalue weighted by atomic mass is 31.1. The third-order valence-corrected chi connectivity index (χ3v) is 14.5. The van der Waals surface area contributed by atoms with Crippen LogP contribution < -0.4 is 10.6 Å². The van der Waals surface area contributed by atoms with Crippen molar-refractivity contribution in [2.24, 2.45) is 0 Å². The molecule has 2 nitrogen and oxygen atoms in total. The number of hydrogen-bond donors (Lipinski definition) is 0. The van der Waals surface area contributed by atoms with Crippen LogP contribution in [0.4, 0.5) is 0 Å². The summed E-state index contributed by atoms with van der Waals surface area (Å²) in [6.07, 6.45) is 17.2. The summed E-state index contributed by atoms with van der Waals surface area (Å²) in [6.45, 7) is 4.27. The topological polar surface area (TPSA) is 18.5 Å². The molecule has 0 spiro atoms. The fourth-order valence-electron chi connectivity index (χ4n) is 6.60. The highest BCUT2D eigenvalue weighted by Gasteiger charge is 2.45. The maximum absolute atomic E-state index is 6.75. The van der Waals surface area contributed by atoms with Crippen molar-refractivity contribution in [3.05, 3.63) is 60.7 Å². The minimum atomic E-state index is -0.482. The predicted octanol–water partition coefficient (Wildman–Crippen LogP) is 7.79. The number of rotatable bonds is 8. The van der Waals surface area contributed by atoms with Gasteiger partial charge in [0.2, 0.25) is 0 Å². The Morgan fingerprint density at radius 2 is 1.06 bits per heavy atom. The van der Waals surface area contributed by atoms with Gasteiger partial charge in [0.1, 0.15) is 0 Å². The fraction of sp³-hybridized carbons (Fsp3) is 0.613. The lowest BCUT2D eigenvalue weighted by Crippen LogP contribution is -2.34. The maximum Gasteiger partial charge on any atom is 0.163 e. The molecule has 3 fully saturated rings. The number of benzene rings is 2. The first kappa shape index (κ1) is 25.9. The molecule has 0 unspecified atom stereocenters. The van der Waals surface area contributed by atoms with Gasteiger partial charge in [-0.25, -0.2) is 0 Å². The molecule has 2 saturated carbocycles. The standard InChI is InChI=1S/C31H44O2P2/c1-31(2)32-29(23-34(25-15-7-3-8-16-25)26-17-9-4-10-18-26)30(33-31)24-35(27-19-11-5-12-20-27)28-21-13-6-14-22-28/h3-4,7-10,15-18,27-30H,5-6,11-14,19-24H2,1-2H3/t29-,30-/m1/s1. The first-order valence-electron chi connectivity index (χ1n) is 14.1. The summed E-state index contributed by atoms with van der Waals surface area (Å²) in [5.41, 5.74) is 1.92. The van der Waals surface area contributed by atoms with Gasteiger partial charge >= 0.3 is 0 Å². The molecule has 0 aromatic heterocycles. The van der Waals surface area contributed by atoms with Crippen molar-refractivity contribution in [2.75, 3.05) is 12.3 Å². The van der Waals surface area contributed by atoms with Crippen LogP contribution in [0, 0.1) is 0 Å². The number of hydrogen-bond acceptors (Lipinski definition) is 2. The lowest BCUT2D eigenvalue weighted by atomic mass is 9.99. The van der Waals surface area contributed by atoms with Gasteiger partial charge in [-0.1, -0.05) is 107 Å². The van der Waals surface area contributed by atoms with Crippen molar-refractivity contribution >= 4 is 26.5 Å². The second kappa shape index (κ2) is 12.2. The van der Waals surface area contributed by atoms with Crippen molar-refractivity contribution in [1.29, 1.82) is 0 Å². The van der Waals surface area contributed by atoms with Gasteiger partial charge in [-0.3, -0.25) is 0 Å². The van der Waals surface area contributed by atoms with Crippen LogP contribution >= 0.6 is 15.8 Å².